The fraction of sp³-hybridized carbons (Fsp3) is 0.500. The van der Waals surface area contributed by atoms with Crippen molar-refractivity contribution in [3.05, 3.63) is 22.7 Å². The number of carbonyl (C=O) groups is 2. The maximum atomic E-state index is 12.7. The van der Waals surface area contributed by atoms with Crippen LogP contribution in [0.1, 0.15) is 19.8 Å². The SMILES string of the molecule is CCCCN(CC(F)(F)F)C(=O)CN1C(=O)COc2cc(Br)ccc21. The van der Waals surface area contributed by atoms with Gasteiger partial charge in [0.1, 0.15) is 18.8 Å². The van der Waals surface area contributed by atoms with Gasteiger partial charge < -0.3 is 9.64 Å². The third-order valence-corrected chi connectivity index (χ3v) is 4.16. The molecule has 0 fully saturated rings. The number of hydrogen-bond acceptors (Lipinski definition) is 3. The molecule has 0 aromatic heterocycles. The summed E-state index contributed by atoms with van der Waals surface area (Å²) in [6, 6.07) is 4.90. The van der Waals surface area contributed by atoms with Crippen molar-refractivity contribution in [1.29, 1.82) is 0 Å². The Balaban J connectivity index is 2.18. The molecule has 2 amide bonds. The molecule has 0 N–H and O–H groups in total. The number of nitrogens with zero attached hydrogens (tertiary/aromatic N) is 2. The van der Waals surface area contributed by atoms with Gasteiger partial charge in [-0.1, -0.05) is 29.3 Å². The van der Waals surface area contributed by atoms with Gasteiger partial charge in [-0.2, -0.15) is 13.2 Å². The minimum atomic E-state index is -4.48. The first-order chi connectivity index (χ1) is 11.7. The summed E-state index contributed by atoms with van der Waals surface area (Å²) in [5.74, 6) is -0.807. The van der Waals surface area contributed by atoms with Crippen LogP contribution in [0.2, 0.25) is 0 Å². The molecule has 0 saturated heterocycles. The number of alkyl halides is 3. The van der Waals surface area contributed by atoms with Gasteiger partial charge in [-0.05, 0) is 24.6 Å². The number of hydrogen-bond donors (Lipinski definition) is 0. The average Bonchev–Trinajstić information content (AvgIpc) is 2.53. The van der Waals surface area contributed by atoms with Crippen LogP contribution in [0.3, 0.4) is 0 Å². The summed E-state index contributed by atoms with van der Waals surface area (Å²) in [5.41, 5.74) is 0.371. The van der Waals surface area contributed by atoms with Crippen LogP contribution in [-0.2, 0) is 9.59 Å². The van der Waals surface area contributed by atoms with Gasteiger partial charge in [0, 0.05) is 11.0 Å². The smallest absolute Gasteiger partial charge is 0.406 e. The predicted octanol–water partition coefficient (Wildman–Crippen LogP) is 3.37. The van der Waals surface area contributed by atoms with E-state index in [2.05, 4.69) is 15.9 Å². The van der Waals surface area contributed by atoms with E-state index < -0.39 is 31.1 Å². The quantitative estimate of drug-likeness (QED) is 0.705. The van der Waals surface area contributed by atoms with Crippen LogP contribution in [0.25, 0.3) is 0 Å². The Bertz CT molecular complexity index is 652. The van der Waals surface area contributed by atoms with Gasteiger partial charge in [0.15, 0.2) is 6.61 Å². The third kappa shape index (κ3) is 5.35. The highest BCUT2D eigenvalue weighted by Gasteiger charge is 2.35. The number of anilines is 1. The van der Waals surface area contributed by atoms with Gasteiger partial charge in [0.05, 0.1) is 5.69 Å². The van der Waals surface area contributed by atoms with Crippen molar-refractivity contribution in [2.45, 2.75) is 25.9 Å². The second-order valence-corrected chi connectivity index (χ2v) is 6.58. The van der Waals surface area contributed by atoms with Crippen molar-refractivity contribution in [2.24, 2.45) is 0 Å². The number of amides is 2. The summed E-state index contributed by atoms with van der Waals surface area (Å²) >= 11 is 3.28. The minimum absolute atomic E-state index is 0.000564. The highest BCUT2D eigenvalue weighted by atomic mass is 79.9. The van der Waals surface area contributed by atoms with Gasteiger partial charge >= 0.3 is 6.18 Å². The van der Waals surface area contributed by atoms with Crippen LogP contribution in [0.4, 0.5) is 18.9 Å². The zero-order valence-corrected chi connectivity index (χ0v) is 15.2. The van der Waals surface area contributed by atoms with E-state index in [1.165, 1.54) is 4.90 Å². The number of halogens is 4. The van der Waals surface area contributed by atoms with E-state index in [0.717, 1.165) is 9.37 Å². The van der Waals surface area contributed by atoms with Crippen molar-refractivity contribution in [3.63, 3.8) is 0 Å². The monoisotopic (exact) mass is 422 g/mol. The topological polar surface area (TPSA) is 49.9 Å². The molecule has 2 rings (SSSR count). The lowest BCUT2D eigenvalue weighted by Gasteiger charge is -2.31. The largest absolute Gasteiger partial charge is 0.482 e. The first kappa shape index (κ1) is 19.6. The maximum absolute atomic E-state index is 12.7. The summed E-state index contributed by atoms with van der Waals surface area (Å²) < 4.78 is 44.2. The Labute approximate surface area is 151 Å². The summed E-state index contributed by atoms with van der Waals surface area (Å²) in [6.07, 6.45) is -3.36. The van der Waals surface area contributed by atoms with Crippen molar-refractivity contribution in [2.75, 3.05) is 31.1 Å². The number of carbonyl (C=O) groups excluding carboxylic acids is 2. The first-order valence-electron chi connectivity index (χ1n) is 7.78. The number of benzene rings is 1. The Morgan fingerprint density at radius 2 is 2.12 bits per heavy atom. The highest BCUT2D eigenvalue weighted by molar-refractivity contribution is 9.10. The fourth-order valence-corrected chi connectivity index (χ4v) is 2.78. The molecule has 0 saturated carbocycles. The molecule has 1 heterocycles. The summed E-state index contributed by atoms with van der Waals surface area (Å²) in [6.45, 7) is -0.199. The molecule has 0 radical (unpaired) electrons. The Morgan fingerprint density at radius 3 is 2.76 bits per heavy atom. The molecule has 0 unspecified atom stereocenters. The van der Waals surface area contributed by atoms with Crippen LogP contribution < -0.4 is 9.64 Å². The molecule has 1 aromatic rings. The van der Waals surface area contributed by atoms with Gasteiger partial charge in [0.2, 0.25) is 5.91 Å². The summed E-state index contributed by atoms with van der Waals surface area (Å²) in [4.78, 5) is 26.4. The van der Waals surface area contributed by atoms with Gasteiger partial charge in [-0.15, -0.1) is 0 Å². The summed E-state index contributed by atoms with van der Waals surface area (Å²) in [7, 11) is 0. The van der Waals surface area contributed by atoms with Crippen molar-refractivity contribution in [1.82, 2.24) is 4.90 Å². The Kier molecular flexibility index (Phi) is 6.31. The molecule has 0 bridgehead atoms. The van der Waals surface area contributed by atoms with Crippen LogP contribution in [0, 0.1) is 0 Å². The lowest BCUT2D eigenvalue weighted by atomic mass is 10.2. The van der Waals surface area contributed by atoms with E-state index in [9.17, 15) is 22.8 Å². The molecule has 0 aliphatic carbocycles. The number of rotatable bonds is 6. The number of fused-ring (bicyclic) bond motifs is 1. The molecule has 25 heavy (non-hydrogen) atoms. The molecule has 1 aromatic carbocycles. The van der Waals surface area contributed by atoms with E-state index in [1.54, 1.807) is 18.2 Å². The first-order valence-corrected chi connectivity index (χ1v) is 8.58. The second-order valence-electron chi connectivity index (χ2n) is 5.66. The zero-order chi connectivity index (χ0) is 18.6. The van der Waals surface area contributed by atoms with Gasteiger partial charge in [-0.3, -0.25) is 14.5 Å². The lowest BCUT2D eigenvalue weighted by molar-refractivity contribution is -0.160. The van der Waals surface area contributed by atoms with E-state index in [4.69, 9.17) is 4.74 Å². The molecular formula is C16H18BrF3N2O3. The predicted molar refractivity (Wildman–Crippen MR) is 89.5 cm³/mol. The average molecular weight is 423 g/mol. The molecule has 9 heteroatoms. The fourth-order valence-electron chi connectivity index (χ4n) is 2.44. The second kappa shape index (κ2) is 8.07. The standard InChI is InChI=1S/C16H18BrF3N2O3/c1-2-3-6-21(10-16(18,19)20)14(23)8-22-12-5-4-11(17)7-13(12)25-9-15(22)24/h4-5,7H,2-3,6,8-10H2,1H3. The van der Waals surface area contributed by atoms with Crippen LogP contribution in [0.5, 0.6) is 5.75 Å². The Morgan fingerprint density at radius 1 is 1.40 bits per heavy atom. The number of unbranched alkanes of at least 4 members (excludes halogenated alkanes) is 1. The lowest BCUT2D eigenvalue weighted by Crippen LogP contribution is -2.48. The molecule has 0 spiro atoms. The van der Waals surface area contributed by atoms with Gasteiger partial charge in [0.25, 0.3) is 5.91 Å². The molecule has 1 aliphatic rings. The maximum Gasteiger partial charge on any atom is 0.406 e. The van der Waals surface area contributed by atoms with E-state index in [-0.39, 0.29) is 13.2 Å². The highest BCUT2D eigenvalue weighted by Crippen LogP contribution is 2.34. The van der Waals surface area contributed by atoms with E-state index in [0.29, 0.717) is 24.3 Å². The van der Waals surface area contributed by atoms with Crippen molar-refractivity contribution in [3.8, 4) is 5.75 Å². The minimum Gasteiger partial charge on any atom is -0.482 e. The Hall–Kier alpha value is -1.77. The molecule has 138 valence electrons. The third-order valence-electron chi connectivity index (χ3n) is 3.66. The van der Waals surface area contributed by atoms with Crippen LogP contribution in [-0.4, -0.2) is 49.1 Å². The van der Waals surface area contributed by atoms with E-state index >= 15 is 0 Å². The zero-order valence-electron chi connectivity index (χ0n) is 13.6. The summed E-state index contributed by atoms with van der Waals surface area (Å²) in [5, 5.41) is 0. The van der Waals surface area contributed by atoms with Crippen molar-refractivity contribution >= 4 is 33.4 Å². The number of ether oxygens (including phenoxy) is 1. The van der Waals surface area contributed by atoms with E-state index in [1.807, 2.05) is 6.92 Å². The van der Waals surface area contributed by atoms with Crippen LogP contribution in [0.15, 0.2) is 22.7 Å². The molecule has 0 atom stereocenters. The molecule has 1 aliphatic heterocycles. The van der Waals surface area contributed by atoms with Crippen molar-refractivity contribution < 1.29 is 27.5 Å². The van der Waals surface area contributed by atoms with Crippen LogP contribution >= 0.6 is 15.9 Å². The normalized spacial score (nSPS) is 14.1. The molecular weight excluding hydrogens is 405 g/mol. The van der Waals surface area contributed by atoms with Gasteiger partial charge in [-0.25, -0.2) is 0 Å². The molecule has 5 nitrogen and oxygen atoms in total.